The molecule has 0 aliphatic heterocycles. The second-order valence-electron chi connectivity index (χ2n) is 5.34. The van der Waals surface area contributed by atoms with Crippen LogP contribution in [0.3, 0.4) is 0 Å². The third-order valence-electron chi connectivity index (χ3n) is 3.31. The fourth-order valence-electron chi connectivity index (χ4n) is 2.08. The number of hydrogen-bond acceptors (Lipinski definition) is 4. The van der Waals surface area contributed by atoms with Gasteiger partial charge in [-0.1, -0.05) is 31.2 Å². The molecule has 0 saturated heterocycles. The molecule has 6 nitrogen and oxygen atoms in total. The van der Waals surface area contributed by atoms with E-state index in [-0.39, 0.29) is 18.3 Å². The van der Waals surface area contributed by atoms with Crippen LogP contribution in [0.4, 0.5) is 5.69 Å². The van der Waals surface area contributed by atoms with Gasteiger partial charge in [-0.05, 0) is 41.8 Å². The van der Waals surface area contributed by atoms with Gasteiger partial charge in [0.25, 0.3) is 5.91 Å². The summed E-state index contributed by atoms with van der Waals surface area (Å²) in [5.74, 6) is 0.0950. The SMILES string of the molecule is CCc1ccc(OCC(=O)Nc2ccc(CS(N)(=O)=O)cc2)cc1. The van der Waals surface area contributed by atoms with Gasteiger partial charge in [0, 0.05) is 5.69 Å². The summed E-state index contributed by atoms with van der Waals surface area (Å²) in [6, 6.07) is 14.0. The number of aryl methyl sites for hydroxylation is 1. The molecule has 3 N–H and O–H groups in total. The van der Waals surface area contributed by atoms with E-state index in [1.54, 1.807) is 24.3 Å². The van der Waals surface area contributed by atoms with E-state index in [4.69, 9.17) is 9.88 Å². The first-order chi connectivity index (χ1) is 11.4. The Morgan fingerprint density at radius 3 is 2.17 bits per heavy atom. The predicted octanol–water partition coefficient (Wildman–Crippen LogP) is 2.05. The van der Waals surface area contributed by atoms with E-state index < -0.39 is 10.0 Å². The molecule has 7 heteroatoms. The highest BCUT2D eigenvalue weighted by atomic mass is 32.2. The summed E-state index contributed by atoms with van der Waals surface area (Å²) < 4.78 is 27.5. The average Bonchev–Trinajstić information content (AvgIpc) is 2.54. The zero-order valence-corrected chi connectivity index (χ0v) is 14.2. The van der Waals surface area contributed by atoms with Gasteiger partial charge in [0.2, 0.25) is 10.0 Å². The standard InChI is InChI=1S/C17H20N2O4S/c1-2-13-5-9-16(10-6-13)23-11-17(20)19-15-7-3-14(4-8-15)12-24(18,21)22/h3-10H,2,11-12H2,1H3,(H,19,20)(H2,18,21,22). The Hall–Kier alpha value is -2.38. The summed E-state index contributed by atoms with van der Waals surface area (Å²) in [6.45, 7) is 1.96. The summed E-state index contributed by atoms with van der Waals surface area (Å²) in [5, 5.41) is 7.67. The van der Waals surface area contributed by atoms with Crippen molar-refractivity contribution in [2.24, 2.45) is 5.14 Å². The lowest BCUT2D eigenvalue weighted by Crippen LogP contribution is -2.20. The maximum absolute atomic E-state index is 11.9. The molecule has 0 aliphatic carbocycles. The zero-order valence-electron chi connectivity index (χ0n) is 13.4. The Morgan fingerprint density at radius 1 is 1.04 bits per heavy atom. The minimum Gasteiger partial charge on any atom is -0.484 e. The van der Waals surface area contributed by atoms with Crippen LogP contribution in [-0.2, 0) is 27.0 Å². The molecular weight excluding hydrogens is 328 g/mol. The van der Waals surface area contributed by atoms with Crippen LogP contribution in [0.2, 0.25) is 0 Å². The molecule has 1 amide bonds. The monoisotopic (exact) mass is 348 g/mol. The minimum atomic E-state index is -3.56. The predicted molar refractivity (Wildman–Crippen MR) is 93.2 cm³/mol. The van der Waals surface area contributed by atoms with Crippen molar-refractivity contribution in [3.63, 3.8) is 0 Å². The van der Waals surface area contributed by atoms with Gasteiger partial charge in [0.1, 0.15) is 5.75 Å². The number of benzene rings is 2. The Morgan fingerprint density at radius 2 is 1.62 bits per heavy atom. The first kappa shape index (κ1) is 18.0. The van der Waals surface area contributed by atoms with Crippen molar-refractivity contribution in [3.05, 3.63) is 59.7 Å². The van der Waals surface area contributed by atoms with Crippen LogP contribution in [0, 0.1) is 0 Å². The third kappa shape index (κ3) is 6.02. The van der Waals surface area contributed by atoms with Crippen LogP contribution in [0.5, 0.6) is 5.75 Å². The minimum absolute atomic E-state index is 0.107. The number of carbonyl (C=O) groups is 1. The molecule has 128 valence electrons. The van der Waals surface area contributed by atoms with Crippen molar-refractivity contribution in [3.8, 4) is 5.75 Å². The fraction of sp³-hybridized carbons (Fsp3) is 0.235. The molecule has 0 spiro atoms. The normalized spacial score (nSPS) is 11.1. The highest BCUT2D eigenvalue weighted by Crippen LogP contribution is 2.14. The summed E-state index contributed by atoms with van der Waals surface area (Å²) in [7, 11) is -3.56. The Balaban J connectivity index is 1.85. The average molecular weight is 348 g/mol. The Kier molecular flexibility index (Phi) is 5.94. The highest BCUT2D eigenvalue weighted by molar-refractivity contribution is 7.88. The van der Waals surface area contributed by atoms with E-state index in [9.17, 15) is 13.2 Å². The van der Waals surface area contributed by atoms with E-state index in [1.807, 2.05) is 24.3 Å². The topological polar surface area (TPSA) is 98.5 Å². The van der Waals surface area contributed by atoms with Crippen molar-refractivity contribution in [1.29, 1.82) is 0 Å². The molecule has 0 aliphatic rings. The molecule has 24 heavy (non-hydrogen) atoms. The number of ether oxygens (including phenoxy) is 1. The maximum Gasteiger partial charge on any atom is 0.262 e. The number of hydrogen-bond donors (Lipinski definition) is 2. The molecular formula is C17H20N2O4S. The first-order valence-electron chi connectivity index (χ1n) is 7.47. The van der Waals surface area contributed by atoms with Gasteiger partial charge in [-0.15, -0.1) is 0 Å². The van der Waals surface area contributed by atoms with Crippen molar-refractivity contribution in [2.75, 3.05) is 11.9 Å². The number of primary sulfonamides is 1. The quantitative estimate of drug-likeness (QED) is 0.800. The molecule has 2 rings (SSSR count). The number of carbonyl (C=O) groups excluding carboxylic acids is 1. The lowest BCUT2D eigenvalue weighted by atomic mass is 10.2. The van der Waals surface area contributed by atoms with Gasteiger partial charge >= 0.3 is 0 Å². The van der Waals surface area contributed by atoms with Gasteiger partial charge in [-0.2, -0.15) is 0 Å². The van der Waals surface area contributed by atoms with Gasteiger partial charge in [0.15, 0.2) is 6.61 Å². The zero-order chi connectivity index (χ0) is 17.6. The van der Waals surface area contributed by atoms with E-state index in [2.05, 4.69) is 12.2 Å². The van der Waals surface area contributed by atoms with E-state index >= 15 is 0 Å². The third-order valence-corrected chi connectivity index (χ3v) is 4.04. The van der Waals surface area contributed by atoms with Gasteiger partial charge in [-0.3, -0.25) is 4.79 Å². The highest BCUT2D eigenvalue weighted by Gasteiger charge is 2.07. The van der Waals surface area contributed by atoms with Crippen LogP contribution in [0.1, 0.15) is 18.1 Å². The number of nitrogens with two attached hydrogens (primary N) is 1. The van der Waals surface area contributed by atoms with Gasteiger partial charge in [0.05, 0.1) is 5.75 Å². The molecule has 0 aromatic heterocycles. The molecule has 0 heterocycles. The molecule has 0 fully saturated rings. The van der Waals surface area contributed by atoms with Crippen LogP contribution in [0.25, 0.3) is 0 Å². The number of rotatable bonds is 7. The molecule has 2 aromatic rings. The summed E-state index contributed by atoms with van der Waals surface area (Å²) in [5.41, 5.74) is 2.32. The molecule has 0 atom stereocenters. The van der Waals surface area contributed by atoms with E-state index in [1.165, 1.54) is 5.56 Å². The van der Waals surface area contributed by atoms with Gasteiger partial charge < -0.3 is 10.1 Å². The van der Waals surface area contributed by atoms with Gasteiger partial charge in [-0.25, -0.2) is 13.6 Å². The smallest absolute Gasteiger partial charge is 0.262 e. The maximum atomic E-state index is 11.9. The summed E-state index contributed by atoms with van der Waals surface area (Å²) in [4.78, 5) is 11.9. The number of amides is 1. The number of nitrogens with one attached hydrogen (secondary N) is 1. The summed E-state index contributed by atoms with van der Waals surface area (Å²) >= 11 is 0. The van der Waals surface area contributed by atoms with Crippen LogP contribution < -0.4 is 15.2 Å². The van der Waals surface area contributed by atoms with E-state index in [0.717, 1.165) is 6.42 Å². The second kappa shape index (κ2) is 7.94. The number of sulfonamides is 1. The fourth-order valence-corrected chi connectivity index (χ4v) is 2.74. The van der Waals surface area contributed by atoms with Crippen molar-refractivity contribution >= 4 is 21.6 Å². The number of anilines is 1. The Labute approximate surface area is 141 Å². The van der Waals surface area contributed by atoms with Crippen molar-refractivity contribution < 1.29 is 17.9 Å². The molecule has 0 saturated carbocycles. The van der Waals surface area contributed by atoms with Crippen LogP contribution in [-0.4, -0.2) is 20.9 Å². The molecule has 2 aromatic carbocycles. The van der Waals surface area contributed by atoms with Crippen LogP contribution in [0.15, 0.2) is 48.5 Å². The largest absolute Gasteiger partial charge is 0.484 e. The Bertz CT molecular complexity index is 784. The lowest BCUT2D eigenvalue weighted by molar-refractivity contribution is -0.118. The lowest BCUT2D eigenvalue weighted by Gasteiger charge is -2.08. The molecule has 0 radical (unpaired) electrons. The molecule has 0 bridgehead atoms. The van der Waals surface area contributed by atoms with Crippen molar-refractivity contribution in [1.82, 2.24) is 0 Å². The second-order valence-corrected chi connectivity index (χ2v) is 6.95. The first-order valence-corrected chi connectivity index (χ1v) is 9.18. The molecule has 0 unspecified atom stereocenters. The summed E-state index contributed by atoms with van der Waals surface area (Å²) in [6.07, 6.45) is 0.947. The van der Waals surface area contributed by atoms with Crippen LogP contribution >= 0.6 is 0 Å². The van der Waals surface area contributed by atoms with E-state index in [0.29, 0.717) is 17.0 Å². The van der Waals surface area contributed by atoms with Crippen molar-refractivity contribution in [2.45, 2.75) is 19.1 Å².